The molecule has 2 aromatic rings. The first-order chi connectivity index (χ1) is 15.0. The molecule has 0 aliphatic heterocycles. The van der Waals surface area contributed by atoms with Crippen LogP contribution in [0.5, 0.6) is 0 Å². The third-order valence-corrected chi connectivity index (χ3v) is 5.61. The van der Waals surface area contributed by atoms with Gasteiger partial charge in [0, 0.05) is 18.2 Å². The Balaban J connectivity index is 1.61. The summed E-state index contributed by atoms with van der Waals surface area (Å²) < 4.78 is 44.3. The van der Waals surface area contributed by atoms with Gasteiger partial charge in [-0.3, -0.25) is 4.79 Å². The molecular formula is C20H25ClF3N5O3. The molecular weight excluding hydrogens is 451 g/mol. The molecule has 0 spiro atoms. The number of hydrogen-bond donors (Lipinski definition) is 3. The number of nitrogens with zero attached hydrogens (tertiary/aromatic N) is 3. The molecule has 2 aromatic heterocycles. The van der Waals surface area contributed by atoms with Gasteiger partial charge in [0.1, 0.15) is 11.3 Å². The number of rotatable bonds is 8. The fourth-order valence-electron chi connectivity index (χ4n) is 3.46. The van der Waals surface area contributed by atoms with Crippen molar-refractivity contribution in [2.24, 2.45) is 0 Å². The van der Waals surface area contributed by atoms with Gasteiger partial charge in [0.15, 0.2) is 0 Å². The Morgan fingerprint density at radius 3 is 2.56 bits per heavy atom. The number of nitrogens with one attached hydrogen (secondary N) is 2. The molecule has 8 nitrogen and oxygen atoms in total. The van der Waals surface area contributed by atoms with Crippen LogP contribution in [0.2, 0.25) is 5.15 Å². The Morgan fingerprint density at radius 2 is 1.97 bits per heavy atom. The van der Waals surface area contributed by atoms with Crippen LogP contribution < -0.4 is 10.6 Å². The summed E-state index contributed by atoms with van der Waals surface area (Å²) >= 11 is 5.99. The maximum atomic E-state index is 14.0. The number of pyridine rings is 1. The summed E-state index contributed by atoms with van der Waals surface area (Å²) in [5, 5.41) is 22.7. The fraction of sp³-hybridized carbons (Fsp3) is 0.600. The average molecular weight is 476 g/mol. The highest BCUT2D eigenvalue weighted by Crippen LogP contribution is 2.35. The molecule has 1 unspecified atom stereocenters. The van der Waals surface area contributed by atoms with Crippen LogP contribution in [0.1, 0.15) is 74.0 Å². The second-order valence-corrected chi connectivity index (χ2v) is 8.74. The van der Waals surface area contributed by atoms with E-state index in [1.807, 2.05) is 0 Å². The van der Waals surface area contributed by atoms with Crippen molar-refractivity contribution in [1.29, 1.82) is 0 Å². The number of carbonyl (C=O) groups excluding carboxylic acids is 1. The van der Waals surface area contributed by atoms with Crippen molar-refractivity contribution in [3.8, 4) is 0 Å². The summed E-state index contributed by atoms with van der Waals surface area (Å²) in [4.78, 5) is 16.5. The number of halogens is 4. The van der Waals surface area contributed by atoms with Crippen LogP contribution in [0.3, 0.4) is 0 Å². The molecule has 0 aromatic carbocycles. The number of aliphatic hydroxyl groups is 1. The minimum atomic E-state index is -2.80. The van der Waals surface area contributed by atoms with Crippen molar-refractivity contribution >= 4 is 23.2 Å². The molecule has 0 radical (unpaired) electrons. The van der Waals surface area contributed by atoms with Gasteiger partial charge in [0.25, 0.3) is 11.8 Å². The monoisotopic (exact) mass is 475 g/mol. The Labute approximate surface area is 188 Å². The maximum Gasteiger partial charge on any atom is 0.314 e. The second kappa shape index (κ2) is 10.0. The van der Waals surface area contributed by atoms with Crippen LogP contribution in [-0.4, -0.2) is 50.6 Å². The molecule has 32 heavy (non-hydrogen) atoms. The summed E-state index contributed by atoms with van der Waals surface area (Å²) in [5.74, 6) is -1.14. The minimum absolute atomic E-state index is 0.0148. The second-order valence-electron chi connectivity index (χ2n) is 8.36. The van der Waals surface area contributed by atoms with Crippen molar-refractivity contribution in [2.75, 3.05) is 11.9 Å². The zero-order chi connectivity index (χ0) is 23.5. The van der Waals surface area contributed by atoms with E-state index in [1.54, 1.807) is 0 Å². The van der Waals surface area contributed by atoms with E-state index >= 15 is 0 Å². The first-order valence-electron chi connectivity index (χ1n) is 10.2. The zero-order valence-electron chi connectivity index (χ0n) is 17.6. The predicted molar refractivity (Wildman–Crippen MR) is 111 cm³/mol. The van der Waals surface area contributed by atoms with Gasteiger partial charge >= 0.3 is 6.43 Å². The molecule has 3 N–H and O–H groups in total. The van der Waals surface area contributed by atoms with Gasteiger partial charge < -0.3 is 20.2 Å². The van der Waals surface area contributed by atoms with Gasteiger partial charge in [0.2, 0.25) is 5.89 Å². The van der Waals surface area contributed by atoms with Crippen molar-refractivity contribution in [2.45, 2.75) is 69.7 Å². The zero-order valence-corrected chi connectivity index (χ0v) is 18.4. The molecule has 0 bridgehead atoms. The van der Waals surface area contributed by atoms with Crippen molar-refractivity contribution in [3.63, 3.8) is 0 Å². The van der Waals surface area contributed by atoms with Gasteiger partial charge in [-0.15, -0.1) is 10.2 Å². The quantitative estimate of drug-likeness (QED) is 0.494. The Kier molecular flexibility index (Phi) is 7.60. The van der Waals surface area contributed by atoms with Gasteiger partial charge in [-0.2, -0.15) is 8.78 Å². The first-order valence-corrected chi connectivity index (χ1v) is 10.6. The lowest BCUT2D eigenvalue weighted by Crippen LogP contribution is -2.42. The van der Waals surface area contributed by atoms with Crippen molar-refractivity contribution in [1.82, 2.24) is 20.5 Å². The van der Waals surface area contributed by atoms with E-state index in [0.29, 0.717) is 31.4 Å². The van der Waals surface area contributed by atoms with Crippen LogP contribution in [0.15, 0.2) is 16.7 Å². The Bertz CT molecular complexity index is 929. The Hall–Kier alpha value is -2.40. The van der Waals surface area contributed by atoms with Crippen LogP contribution >= 0.6 is 11.6 Å². The SMILES string of the molecule is CC(C)(O)C(F)CNC(=O)c1cnc(Cl)cc1NC1CCC(c2nnc(C(F)F)o2)CC1. The lowest BCUT2D eigenvalue weighted by atomic mass is 9.86. The van der Waals surface area contributed by atoms with Gasteiger partial charge in [-0.1, -0.05) is 11.6 Å². The van der Waals surface area contributed by atoms with E-state index in [2.05, 4.69) is 25.8 Å². The Morgan fingerprint density at radius 1 is 1.28 bits per heavy atom. The van der Waals surface area contributed by atoms with E-state index in [1.165, 1.54) is 26.1 Å². The van der Waals surface area contributed by atoms with Crippen LogP contribution in [-0.2, 0) is 0 Å². The normalized spacial score (nSPS) is 20.2. The largest absolute Gasteiger partial charge is 0.419 e. The van der Waals surface area contributed by atoms with E-state index in [4.69, 9.17) is 16.0 Å². The summed E-state index contributed by atoms with van der Waals surface area (Å²) in [6.45, 7) is 2.28. The highest BCUT2D eigenvalue weighted by molar-refractivity contribution is 6.29. The topological polar surface area (TPSA) is 113 Å². The lowest BCUT2D eigenvalue weighted by molar-refractivity contribution is -0.00177. The molecule has 1 aliphatic rings. The summed E-state index contributed by atoms with van der Waals surface area (Å²) in [5.41, 5.74) is -0.944. The average Bonchev–Trinajstić information content (AvgIpc) is 3.22. The van der Waals surface area contributed by atoms with E-state index < -0.39 is 30.0 Å². The maximum absolute atomic E-state index is 14.0. The number of anilines is 1. The number of carbonyl (C=O) groups is 1. The van der Waals surface area contributed by atoms with Crippen LogP contribution in [0.4, 0.5) is 18.9 Å². The van der Waals surface area contributed by atoms with E-state index in [9.17, 15) is 23.1 Å². The van der Waals surface area contributed by atoms with Gasteiger partial charge in [0.05, 0.1) is 23.4 Å². The van der Waals surface area contributed by atoms with Crippen LogP contribution in [0, 0.1) is 0 Å². The van der Waals surface area contributed by atoms with Crippen molar-refractivity contribution < 1.29 is 27.5 Å². The molecule has 1 aliphatic carbocycles. The third kappa shape index (κ3) is 6.10. The summed E-state index contributed by atoms with van der Waals surface area (Å²) in [6, 6.07) is 1.50. The molecule has 1 atom stereocenters. The number of amides is 1. The molecule has 1 fully saturated rings. The number of alkyl halides is 3. The molecule has 3 rings (SSSR count). The molecule has 0 saturated heterocycles. The molecule has 1 saturated carbocycles. The van der Waals surface area contributed by atoms with Crippen LogP contribution in [0.25, 0.3) is 0 Å². The van der Waals surface area contributed by atoms with Gasteiger partial charge in [-0.05, 0) is 45.6 Å². The molecule has 12 heteroatoms. The van der Waals surface area contributed by atoms with E-state index in [-0.39, 0.29) is 35.1 Å². The smallest absolute Gasteiger partial charge is 0.314 e. The summed E-state index contributed by atoms with van der Waals surface area (Å²) in [6.07, 6.45) is -0.532. The van der Waals surface area contributed by atoms with Crippen molar-refractivity contribution in [3.05, 3.63) is 34.8 Å². The minimum Gasteiger partial charge on any atom is -0.419 e. The predicted octanol–water partition coefficient (Wildman–Crippen LogP) is 4.03. The number of hydrogen-bond acceptors (Lipinski definition) is 7. The standard InChI is InChI=1S/C20H25ClF3N5O3/c1-20(2,31)14(22)9-26-17(30)12-8-25-15(21)7-13(12)27-11-5-3-10(4-6-11)18-28-29-19(32-18)16(23)24/h7-8,10-11,14,16,31H,3-6,9H2,1-2H3,(H,25,27)(H,26,30). The molecule has 1 amide bonds. The molecule has 176 valence electrons. The third-order valence-electron chi connectivity index (χ3n) is 5.40. The lowest BCUT2D eigenvalue weighted by Gasteiger charge is -2.28. The first kappa shape index (κ1) is 24.2. The van der Waals surface area contributed by atoms with Gasteiger partial charge in [-0.25, -0.2) is 9.37 Å². The number of aromatic nitrogens is 3. The highest BCUT2D eigenvalue weighted by atomic mass is 35.5. The summed E-state index contributed by atoms with van der Waals surface area (Å²) in [7, 11) is 0. The molecule has 2 heterocycles. The van der Waals surface area contributed by atoms with E-state index in [0.717, 1.165) is 0 Å². The fourth-order valence-corrected chi connectivity index (χ4v) is 3.62. The highest BCUT2D eigenvalue weighted by Gasteiger charge is 2.29.